The fourth-order valence-corrected chi connectivity index (χ4v) is 6.80. The van der Waals surface area contributed by atoms with Crippen LogP contribution in [-0.4, -0.2) is 0 Å². The van der Waals surface area contributed by atoms with E-state index in [0.717, 1.165) is 19.3 Å². The van der Waals surface area contributed by atoms with Gasteiger partial charge in [-0.25, -0.2) is 0 Å². The van der Waals surface area contributed by atoms with Crippen molar-refractivity contribution in [2.24, 2.45) is 0 Å². The third-order valence-corrected chi connectivity index (χ3v) is 8.68. The average molecular weight is 666 g/mol. The second-order valence-corrected chi connectivity index (χ2v) is 11.4. The van der Waals surface area contributed by atoms with E-state index in [1.807, 2.05) is 0 Å². The number of allylic oxidation sites excluding steroid dienone is 4. The van der Waals surface area contributed by atoms with Crippen molar-refractivity contribution in [3.8, 4) is 0 Å². The van der Waals surface area contributed by atoms with Gasteiger partial charge in [0.1, 0.15) is 0 Å². The van der Waals surface area contributed by atoms with Crippen LogP contribution in [0.5, 0.6) is 0 Å². The third kappa shape index (κ3) is 6.70. The zero-order valence-corrected chi connectivity index (χ0v) is 27.9. The van der Waals surface area contributed by atoms with Crippen LogP contribution in [0.4, 0.5) is 0 Å². The summed E-state index contributed by atoms with van der Waals surface area (Å²) in [5.74, 6) is 0. The molecule has 42 heavy (non-hydrogen) atoms. The van der Waals surface area contributed by atoms with Crippen LogP contribution >= 0.6 is 0 Å². The summed E-state index contributed by atoms with van der Waals surface area (Å²) < 4.78 is 0. The van der Waals surface area contributed by atoms with Gasteiger partial charge >= 0.3 is 26.2 Å². The molecule has 0 heterocycles. The molecule has 0 unspecified atom stereocenters. The molecule has 0 spiro atoms. The van der Waals surface area contributed by atoms with E-state index in [1.165, 1.54) is 93.1 Å². The molecular weight excluding hydrogens is 631 g/mol. The van der Waals surface area contributed by atoms with Gasteiger partial charge in [-0.1, -0.05) is 138 Å². The van der Waals surface area contributed by atoms with E-state index in [1.54, 1.807) is 10.8 Å². The van der Waals surface area contributed by atoms with Crippen molar-refractivity contribution in [3.63, 3.8) is 0 Å². The Bertz CT molecular complexity index is 1810. The average Bonchev–Trinajstić information content (AvgIpc) is 3.54. The SMILES string of the molecule is [C-]1=c2ccc(Cc3ccccc3)cc2=c2cc(Cc3ccccc3)c(=C3CCCCCC3)c(C3=CC=CC3)c21.[Cl-].[Cl-].[Zr+3]. The Morgan fingerprint density at radius 1 is 0.643 bits per heavy atom. The molecule has 0 saturated heterocycles. The molecule has 3 heteroatoms. The van der Waals surface area contributed by atoms with Gasteiger partial charge in [0.2, 0.25) is 0 Å². The maximum absolute atomic E-state index is 3.92. The Hall–Kier alpha value is -2.44. The summed E-state index contributed by atoms with van der Waals surface area (Å²) in [4.78, 5) is 0. The molecule has 3 aliphatic carbocycles. The van der Waals surface area contributed by atoms with Gasteiger partial charge in [-0.05, 0) is 61.3 Å². The van der Waals surface area contributed by atoms with E-state index < -0.39 is 0 Å². The minimum Gasteiger partial charge on any atom is -1.00 e. The third-order valence-electron chi connectivity index (χ3n) is 8.68. The van der Waals surface area contributed by atoms with Crippen LogP contribution in [0.2, 0.25) is 0 Å². The zero-order chi connectivity index (χ0) is 26.0. The number of rotatable bonds is 5. The number of fused-ring (bicyclic) bond motifs is 2. The summed E-state index contributed by atoms with van der Waals surface area (Å²) in [5.41, 5.74) is 11.5. The molecule has 0 bridgehead atoms. The van der Waals surface area contributed by atoms with Crippen LogP contribution in [-0.2, 0) is 39.0 Å². The first kappa shape index (κ1) is 32.5. The summed E-state index contributed by atoms with van der Waals surface area (Å²) >= 11 is 0. The molecule has 0 atom stereocenters. The van der Waals surface area contributed by atoms with E-state index >= 15 is 0 Å². The Kier molecular flexibility index (Phi) is 11.5. The Labute approximate surface area is 281 Å². The maximum Gasteiger partial charge on any atom is 3.00 e. The van der Waals surface area contributed by atoms with E-state index in [0.29, 0.717) is 0 Å². The fourth-order valence-electron chi connectivity index (χ4n) is 6.80. The van der Waals surface area contributed by atoms with Crippen LogP contribution in [0.1, 0.15) is 78.3 Å². The quantitative estimate of drug-likeness (QED) is 0.199. The van der Waals surface area contributed by atoms with E-state index in [4.69, 9.17) is 0 Å². The van der Waals surface area contributed by atoms with Gasteiger partial charge in [-0.3, -0.25) is 0 Å². The molecule has 1 saturated carbocycles. The van der Waals surface area contributed by atoms with Gasteiger partial charge in [0, 0.05) is 0 Å². The molecule has 7 rings (SSSR count). The molecule has 0 amide bonds. The summed E-state index contributed by atoms with van der Waals surface area (Å²) in [5, 5.41) is 5.49. The van der Waals surface area contributed by atoms with Crippen LogP contribution in [0.25, 0.3) is 17.2 Å². The molecule has 0 aromatic heterocycles. The van der Waals surface area contributed by atoms with Gasteiger partial charge in [0.15, 0.2) is 0 Å². The van der Waals surface area contributed by atoms with Gasteiger partial charge in [-0.2, -0.15) is 0 Å². The Balaban J connectivity index is 0.00000135. The summed E-state index contributed by atoms with van der Waals surface area (Å²) in [6.45, 7) is 0. The number of halogens is 2. The summed E-state index contributed by atoms with van der Waals surface area (Å²) in [6.07, 6.45) is 21.6. The minimum absolute atomic E-state index is 0. The smallest absolute Gasteiger partial charge is 1.00 e. The molecule has 0 aliphatic heterocycles. The normalized spacial score (nSPS) is 14.8. The fraction of sp³-hybridized carbons (Fsp3) is 0.231. The molecular formula is C39H35Cl2Zr. The van der Waals surface area contributed by atoms with Gasteiger partial charge in [0.05, 0.1) is 0 Å². The van der Waals surface area contributed by atoms with Crippen molar-refractivity contribution in [2.75, 3.05) is 0 Å². The van der Waals surface area contributed by atoms with Crippen molar-refractivity contribution >= 4 is 17.2 Å². The first-order valence-electron chi connectivity index (χ1n) is 14.7. The van der Waals surface area contributed by atoms with Crippen molar-refractivity contribution < 1.29 is 51.0 Å². The molecule has 1 radical (unpaired) electrons. The second kappa shape index (κ2) is 14.8. The van der Waals surface area contributed by atoms with Crippen LogP contribution in [0, 0.1) is 10.4 Å². The van der Waals surface area contributed by atoms with Crippen molar-refractivity contribution in [1.29, 1.82) is 0 Å². The number of benzene rings is 4. The van der Waals surface area contributed by atoms with Crippen LogP contribution < -0.4 is 35.3 Å². The van der Waals surface area contributed by atoms with Gasteiger partial charge < -0.3 is 24.8 Å². The van der Waals surface area contributed by atoms with E-state index in [-0.39, 0.29) is 51.0 Å². The minimum atomic E-state index is 0. The summed E-state index contributed by atoms with van der Waals surface area (Å²) in [7, 11) is 0. The molecule has 0 nitrogen and oxygen atoms in total. The first-order valence-corrected chi connectivity index (χ1v) is 14.7. The molecule has 4 aromatic carbocycles. The molecule has 1 fully saturated rings. The molecule has 3 aliphatic rings. The standard InChI is InChI=1S/C39H35.2ClH.Zr/c1-2-10-18-31(17-9-1)38-34(24-29-15-7-4-8-16-29)27-36-35-25-30(23-28-13-5-3-6-14-28)21-22-33(35)26-37(36)39(38)32-19-11-12-20-32;;;/h3-8,11-16,19,21-22,25,27H,1-2,9-10,17-18,20,23-24H2;2*1H;/q-1;;;+3/p-2. The predicted octanol–water partition coefficient (Wildman–Crippen LogP) is 2.03. The second-order valence-electron chi connectivity index (χ2n) is 11.4. The monoisotopic (exact) mass is 663 g/mol. The van der Waals surface area contributed by atoms with Crippen molar-refractivity contribution in [1.82, 2.24) is 0 Å². The summed E-state index contributed by atoms with van der Waals surface area (Å²) in [6, 6.07) is 31.4. The molecule has 209 valence electrons. The van der Waals surface area contributed by atoms with Gasteiger partial charge in [0.25, 0.3) is 0 Å². The predicted molar refractivity (Wildman–Crippen MR) is 164 cm³/mol. The Morgan fingerprint density at radius 3 is 1.95 bits per heavy atom. The number of hydrogen-bond donors (Lipinski definition) is 0. The van der Waals surface area contributed by atoms with Crippen molar-refractivity contribution in [3.05, 3.63) is 157 Å². The van der Waals surface area contributed by atoms with E-state index in [2.05, 4.69) is 109 Å². The van der Waals surface area contributed by atoms with Crippen molar-refractivity contribution in [2.45, 2.75) is 57.8 Å². The van der Waals surface area contributed by atoms with Gasteiger partial charge in [-0.15, -0.1) is 33.4 Å². The zero-order valence-electron chi connectivity index (χ0n) is 23.9. The largest absolute Gasteiger partial charge is 3.00 e. The number of hydrogen-bond acceptors (Lipinski definition) is 0. The van der Waals surface area contributed by atoms with Crippen LogP contribution in [0.15, 0.2) is 103 Å². The van der Waals surface area contributed by atoms with E-state index in [9.17, 15) is 0 Å². The first-order chi connectivity index (χ1) is 19.3. The molecule has 0 N–H and O–H groups in total. The maximum atomic E-state index is 3.92. The molecule has 4 aromatic rings. The van der Waals surface area contributed by atoms with Crippen LogP contribution in [0.3, 0.4) is 0 Å². The Morgan fingerprint density at radius 2 is 1.31 bits per heavy atom. The topological polar surface area (TPSA) is 0 Å².